The number of alkyl carbamates (subject to hydrolysis) is 1. The maximum atomic E-state index is 12.8. The highest BCUT2D eigenvalue weighted by Gasteiger charge is 2.58. The van der Waals surface area contributed by atoms with Gasteiger partial charge in [-0.25, -0.2) is 9.59 Å². The van der Waals surface area contributed by atoms with E-state index in [0.29, 0.717) is 56.9 Å². The fourth-order valence-electron chi connectivity index (χ4n) is 10.4. The molecule has 4 aliphatic rings. The summed E-state index contributed by atoms with van der Waals surface area (Å²) in [6, 6.07) is -0.109. The number of unbranched alkanes of at least 4 members (excludes halogenated alkanes) is 1. The second kappa shape index (κ2) is 21.9. The van der Waals surface area contributed by atoms with E-state index in [2.05, 4.69) is 54.4 Å². The van der Waals surface area contributed by atoms with E-state index in [4.69, 9.17) is 21.9 Å². The molecular weight excluding hydrogens is 717 g/mol. The molecule has 0 bridgehead atoms. The first-order valence-corrected chi connectivity index (χ1v) is 23.5. The number of amides is 3. The Morgan fingerprint density at radius 3 is 2.31 bits per heavy atom. The molecule has 7 unspecified atom stereocenters. The number of fused-ring (bicyclic) bond motifs is 5. The second-order valence-corrected chi connectivity index (χ2v) is 20.1. The van der Waals surface area contributed by atoms with Crippen molar-refractivity contribution in [2.45, 2.75) is 131 Å². The number of amidine groups is 1. The number of hydrogen-bond donors (Lipinski definition) is 5. The average Bonchev–Trinajstić information content (AvgIpc) is 3.46. The zero-order valence-corrected chi connectivity index (χ0v) is 35.8. The quantitative estimate of drug-likeness (QED) is 0.0259. The fraction of sp³-hybridized carbons (Fsp3) is 0.854. The van der Waals surface area contributed by atoms with E-state index in [-0.39, 0.29) is 29.6 Å². The van der Waals surface area contributed by atoms with Crippen LogP contribution in [0.1, 0.15) is 125 Å². The Morgan fingerprint density at radius 1 is 0.926 bits per heavy atom. The van der Waals surface area contributed by atoms with Gasteiger partial charge in [0.2, 0.25) is 0 Å². The molecule has 3 saturated carbocycles. The molecule has 0 aliphatic heterocycles. The summed E-state index contributed by atoms with van der Waals surface area (Å²) in [6.45, 7) is 14.9. The lowest BCUT2D eigenvalue weighted by Crippen LogP contribution is -2.50. The summed E-state index contributed by atoms with van der Waals surface area (Å²) in [5.74, 6) is 6.34. The van der Waals surface area contributed by atoms with Crippen LogP contribution in [0.4, 0.5) is 9.59 Å². The summed E-state index contributed by atoms with van der Waals surface area (Å²) >= 11 is 0. The third kappa shape index (κ3) is 12.9. The van der Waals surface area contributed by atoms with Crippen LogP contribution in [-0.4, -0.2) is 85.7 Å². The van der Waals surface area contributed by atoms with E-state index in [1.807, 2.05) is 0 Å². The van der Waals surface area contributed by atoms with Gasteiger partial charge in [0.25, 0.3) is 0 Å². The maximum absolute atomic E-state index is 12.8. The minimum atomic E-state index is -0.304. The van der Waals surface area contributed by atoms with Crippen LogP contribution in [0.3, 0.4) is 0 Å². The number of hydrogen-bond acceptors (Lipinski definition) is 7. The number of allylic oxidation sites excluding steroid dienone is 1. The van der Waals surface area contributed by atoms with Crippen molar-refractivity contribution in [1.82, 2.24) is 15.5 Å². The molecule has 0 aromatic heterocycles. The molecule has 308 valence electrons. The molecule has 11 nitrogen and oxygen atoms in total. The zero-order chi connectivity index (χ0) is 39.1. The van der Waals surface area contributed by atoms with Gasteiger partial charge in [-0.05, 0) is 112 Å². The standard InChI is InChI=1S/C41H74N8O3S2/c1-29(2)10-6-7-11-31-13-15-35-34-14-12-32-28-33(16-18-41(32,5)36(34)17-19-40(31,35)4)52-39(51)48-23-27-54-53-26-22-47-38(50)49(24-8-20-45-30(3)42)25-9-21-46-37(43)44/h12,29,31,33-36H,6-11,13-28H2,1-5H3,(H2,42,45)(H,47,50)(H,48,51)(H4,43,44,46). The zero-order valence-electron chi connectivity index (χ0n) is 34.2. The highest BCUT2D eigenvalue weighted by molar-refractivity contribution is 8.76. The smallest absolute Gasteiger partial charge is 0.407 e. The van der Waals surface area contributed by atoms with Crippen molar-refractivity contribution >= 4 is 45.5 Å². The molecule has 0 aromatic rings. The summed E-state index contributed by atoms with van der Waals surface area (Å²) in [5, 5.41) is 5.98. The van der Waals surface area contributed by atoms with Crippen LogP contribution < -0.4 is 27.8 Å². The monoisotopic (exact) mass is 791 g/mol. The topological polar surface area (TPSA) is 173 Å². The van der Waals surface area contributed by atoms with Gasteiger partial charge in [-0.1, -0.05) is 80.2 Å². The molecule has 0 aromatic carbocycles. The molecule has 3 fully saturated rings. The van der Waals surface area contributed by atoms with Crippen LogP contribution in [0.2, 0.25) is 0 Å². The van der Waals surface area contributed by atoms with Crippen molar-refractivity contribution in [3.63, 3.8) is 0 Å². The number of guanidine groups is 1. The van der Waals surface area contributed by atoms with Gasteiger partial charge in [0, 0.05) is 57.2 Å². The van der Waals surface area contributed by atoms with Crippen LogP contribution in [0.15, 0.2) is 21.6 Å². The van der Waals surface area contributed by atoms with E-state index in [0.717, 1.165) is 66.8 Å². The van der Waals surface area contributed by atoms with Crippen LogP contribution in [-0.2, 0) is 4.74 Å². The normalized spacial score (nSPS) is 29.0. The second-order valence-electron chi connectivity index (χ2n) is 17.4. The van der Waals surface area contributed by atoms with Crippen molar-refractivity contribution in [2.75, 3.05) is 50.8 Å². The molecule has 0 radical (unpaired) electrons. The molecule has 4 aliphatic carbocycles. The Morgan fingerprint density at radius 2 is 1.63 bits per heavy atom. The molecule has 54 heavy (non-hydrogen) atoms. The molecule has 3 amide bonds. The number of nitrogens with two attached hydrogens (primary N) is 3. The Bertz CT molecular complexity index is 1260. The number of nitrogens with zero attached hydrogens (tertiary/aromatic N) is 3. The first kappa shape index (κ1) is 44.4. The van der Waals surface area contributed by atoms with E-state index < -0.39 is 0 Å². The van der Waals surface area contributed by atoms with Gasteiger partial charge < -0.3 is 37.5 Å². The van der Waals surface area contributed by atoms with Gasteiger partial charge >= 0.3 is 12.1 Å². The van der Waals surface area contributed by atoms with Crippen molar-refractivity contribution in [3.05, 3.63) is 11.6 Å². The third-order valence-electron chi connectivity index (χ3n) is 13.2. The molecule has 4 rings (SSSR count). The van der Waals surface area contributed by atoms with Crippen LogP contribution >= 0.6 is 21.6 Å². The van der Waals surface area contributed by atoms with E-state index in [9.17, 15) is 9.59 Å². The lowest BCUT2D eigenvalue weighted by atomic mass is 9.47. The van der Waals surface area contributed by atoms with Crippen LogP contribution in [0.25, 0.3) is 0 Å². The van der Waals surface area contributed by atoms with E-state index >= 15 is 0 Å². The summed E-state index contributed by atoms with van der Waals surface area (Å²) in [7, 11) is 3.37. The number of ether oxygens (including phenoxy) is 1. The molecule has 0 saturated heterocycles. The number of nitrogens with one attached hydrogen (secondary N) is 2. The lowest BCUT2D eigenvalue weighted by molar-refractivity contribution is -0.0519. The summed E-state index contributed by atoms with van der Waals surface area (Å²) in [6.07, 6.45) is 19.1. The first-order valence-electron chi connectivity index (χ1n) is 21.1. The predicted octanol–water partition coefficient (Wildman–Crippen LogP) is 7.70. The largest absolute Gasteiger partial charge is 0.446 e. The van der Waals surface area contributed by atoms with E-state index in [1.165, 1.54) is 57.8 Å². The van der Waals surface area contributed by atoms with Gasteiger partial charge in [0.05, 0.1) is 5.84 Å². The first-order chi connectivity index (χ1) is 25.8. The molecule has 8 N–H and O–H groups in total. The van der Waals surface area contributed by atoms with Crippen LogP contribution in [0, 0.1) is 40.4 Å². The number of urea groups is 1. The predicted molar refractivity (Wildman–Crippen MR) is 229 cm³/mol. The number of carbonyl (C=O) groups excluding carboxylic acids is 2. The fourth-order valence-corrected chi connectivity index (χ4v) is 12.2. The average molecular weight is 791 g/mol. The molecule has 0 spiro atoms. The number of aliphatic imine (C=N–C) groups is 2. The van der Waals surface area contributed by atoms with E-state index in [1.54, 1.807) is 39.0 Å². The maximum Gasteiger partial charge on any atom is 0.407 e. The lowest BCUT2D eigenvalue weighted by Gasteiger charge is -2.58. The minimum absolute atomic E-state index is 0.0364. The minimum Gasteiger partial charge on any atom is -0.446 e. The number of rotatable bonds is 21. The number of carbonyl (C=O) groups is 2. The van der Waals surface area contributed by atoms with Gasteiger partial charge in [0.1, 0.15) is 6.10 Å². The van der Waals surface area contributed by atoms with Crippen molar-refractivity contribution < 1.29 is 14.3 Å². The van der Waals surface area contributed by atoms with Crippen molar-refractivity contribution in [1.29, 1.82) is 0 Å². The highest BCUT2D eigenvalue weighted by atomic mass is 33.1. The molecule has 13 heteroatoms. The Labute approximate surface area is 334 Å². The Balaban J connectivity index is 1.11. The molecule has 7 atom stereocenters. The van der Waals surface area contributed by atoms with Gasteiger partial charge in [0.15, 0.2) is 5.96 Å². The molecule has 0 heterocycles. The molecular formula is C41H74N8O3S2. The van der Waals surface area contributed by atoms with Crippen molar-refractivity contribution in [3.8, 4) is 0 Å². The van der Waals surface area contributed by atoms with Crippen LogP contribution in [0.5, 0.6) is 0 Å². The van der Waals surface area contributed by atoms with Gasteiger partial charge in [-0.15, -0.1) is 0 Å². The Kier molecular flexibility index (Phi) is 18.0. The summed E-state index contributed by atoms with van der Waals surface area (Å²) in [5.41, 5.74) is 18.8. The summed E-state index contributed by atoms with van der Waals surface area (Å²) < 4.78 is 5.98. The highest BCUT2D eigenvalue weighted by Crippen LogP contribution is 2.66. The summed E-state index contributed by atoms with van der Waals surface area (Å²) in [4.78, 5) is 35.6. The van der Waals surface area contributed by atoms with Gasteiger partial charge in [-0.2, -0.15) is 0 Å². The Hall–Kier alpha value is -2.28. The van der Waals surface area contributed by atoms with Crippen molar-refractivity contribution in [2.24, 2.45) is 67.6 Å². The van der Waals surface area contributed by atoms with Gasteiger partial charge in [-0.3, -0.25) is 9.98 Å². The third-order valence-corrected chi connectivity index (χ3v) is 15.6. The SMILES string of the molecule is CC(N)=NCCCN(CCCN=C(N)N)C(=O)NCCSSCCNC(=O)OC1CCC2(C)C(=CCC3C2CCC2(C)C(CCCCC(C)C)CCC32)C1.